The molecule has 4 rings (SSSR count). The first-order chi connectivity index (χ1) is 16.0. The number of benzene rings is 2. The van der Waals surface area contributed by atoms with Crippen LogP contribution in [0.5, 0.6) is 0 Å². The topological polar surface area (TPSA) is 29.5 Å². The van der Waals surface area contributed by atoms with E-state index in [9.17, 15) is 44.3 Å². The molecule has 0 saturated carbocycles. The van der Waals surface area contributed by atoms with Gasteiger partial charge in [0.15, 0.2) is 0 Å². The summed E-state index contributed by atoms with van der Waals surface area (Å²) in [6.45, 7) is 1.26. The molecule has 2 saturated heterocycles. The van der Waals surface area contributed by atoms with E-state index in [1.807, 2.05) is 0 Å². The van der Waals surface area contributed by atoms with Crippen molar-refractivity contribution in [1.82, 2.24) is 4.90 Å². The monoisotopic (exact) mass is 575 g/mol. The first kappa shape index (κ1) is 25.6. The van der Waals surface area contributed by atoms with Gasteiger partial charge in [-0.05, 0) is 66.8 Å². The highest BCUT2D eigenvalue weighted by Gasteiger charge is 2.52. The van der Waals surface area contributed by atoms with Gasteiger partial charge in [-0.1, -0.05) is 15.9 Å². The van der Waals surface area contributed by atoms with Crippen LogP contribution < -0.4 is 0 Å². The number of hydrogen-bond acceptors (Lipinski definition) is 2. The molecule has 0 radical (unpaired) electrons. The minimum atomic E-state index is -5.09. The van der Waals surface area contributed by atoms with E-state index in [1.165, 1.54) is 13.0 Å². The van der Waals surface area contributed by atoms with Crippen LogP contribution in [0.4, 0.5) is 44.3 Å². The molecule has 2 aromatic carbocycles. The molecular formula is C22H15BrF9NO2. The first-order valence-corrected chi connectivity index (χ1v) is 10.9. The van der Waals surface area contributed by atoms with Crippen LogP contribution in [0, 0.1) is 6.92 Å². The maximum Gasteiger partial charge on any atom is 0.416 e. The molecular weight excluding hydrogens is 561 g/mol. The second-order valence-corrected chi connectivity index (χ2v) is 9.25. The Balaban J connectivity index is 1.74. The highest BCUT2D eigenvalue weighted by molar-refractivity contribution is 9.10. The van der Waals surface area contributed by atoms with Crippen molar-refractivity contribution in [1.29, 1.82) is 0 Å². The number of carbonyl (C=O) groups is 1. The van der Waals surface area contributed by atoms with E-state index in [2.05, 4.69) is 15.9 Å². The van der Waals surface area contributed by atoms with Gasteiger partial charge < -0.3 is 4.74 Å². The van der Waals surface area contributed by atoms with Gasteiger partial charge in [0, 0.05) is 4.47 Å². The first-order valence-electron chi connectivity index (χ1n) is 10.1. The molecule has 3 atom stereocenters. The zero-order valence-electron chi connectivity index (χ0n) is 17.6. The second kappa shape index (κ2) is 8.31. The third-order valence-electron chi connectivity index (χ3n) is 6.16. The van der Waals surface area contributed by atoms with Gasteiger partial charge in [-0.15, -0.1) is 0 Å². The van der Waals surface area contributed by atoms with E-state index in [4.69, 9.17) is 4.74 Å². The van der Waals surface area contributed by atoms with Crippen LogP contribution in [0.2, 0.25) is 0 Å². The van der Waals surface area contributed by atoms with Crippen molar-refractivity contribution < 1.29 is 49.0 Å². The number of cyclic esters (lactones) is 1. The van der Waals surface area contributed by atoms with Gasteiger partial charge >= 0.3 is 24.6 Å². The predicted molar refractivity (Wildman–Crippen MR) is 107 cm³/mol. The van der Waals surface area contributed by atoms with Crippen LogP contribution in [0.15, 0.2) is 34.8 Å². The Morgan fingerprint density at radius 1 is 0.857 bits per heavy atom. The molecule has 2 aliphatic heterocycles. The SMILES string of the molecule is Cc1cc(Br)c([C@@H]2CC[C@H]3[C@@H](c4cc(C(F)(F)F)cc(C(F)(F)F)c4)OC(=O)N23)cc1C(F)(F)F. The Labute approximate surface area is 201 Å². The van der Waals surface area contributed by atoms with Crippen molar-refractivity contribution in [3.8, 4) is 0 Å². The minimum Gasteiger partial charge on any atom is -0.439 e. The fraction of sp³-hybridized carbons (Fsp3) is 0.409. The Kier molecular flexibility index (Phi) is 6.09. The molecule has 1 amide bonds. The van der Waals surface area contributed by atoms with E-state index in [-0.39, 0.29) is 34.5 Å². The van der Waals surface area contributed by atoms with Gasteiger partial charge in [0.25, 0.3) is 0 Å². The summed E-state index contributed by atoms with van der Waals surface area (Å²) in [7, 11) is 0. The summed E-state index contributed by atoms with van der Waals surface area (Å²) in [5.74, 6) is 0. The summed E-state index contributed by atoms with van der Waals surface area (Å²) in [5, 5.41) is 0. The zero-order chi connectivity index (χ0) is 26.1. The van der Waals surface area contributed by atoms with Gasteiger partial charge in [0.2, 0.25) is 0 Å². The third kappa shape index (κ3) is 4.70. The fourth-order valence-electron chi connectivity index (χ4n) is 4.63. The van der Waals surface area contributed by atoms with Gasteiger partial charge in [0.1, 0.15) is 6.10 Å². The van der Waals surface area contributed by atoms with Crippen LogP contribution in [-0.2, 0) is 23.3 Å². The van der Waals surface area contributed by atoms with Crippen molar-refractivity contribution in [2.45, 2.75) is 56.5 Å². The van der Waals surface area contributed by atoms with Crippen LogP contribution in [0.1, 0.15) is 58.4 Å². The second-order valence-electron chi connectivity index (χ2n) is 8.40. The lowest BCUT2D eigenvalue weighted by Gasteiger charge is -2.25. The Morgan fingerprint density at radius 2 is 1.43 bits per heavy atom. The van der Waals surface area contributed by atoms with E-state index < -0.39 is 65.1 Å². The summed E-state index contributed by atoms with van der Waals surface area (Å²) in [6.07, 6.45) is -17.1. The van der Waals surface area contributed by atoms with Crippen LogP contribution in [-0.4, -0.2) is 17.0 Å². The van der Waals surface area contributed by atoms with E-state index >= 15 is 0 Å². The van der Waals surface area contributed by atoms with Gasteiger partial charge in [0.05, 0.1) is 28.8 Å². The van der Waals surface area contributed by atoms with Gasteiger partial charge in [-0.2, -0.15) is 39.5 Å². The highest BCUT2D eigenvalue weighted by atomic mass is 79.9. The quantitative estimate of drug-likeness (QED) is 0.338. The largest absolute Gasteiger partial charge is 0.439 e. The normalized spacial score (nSPS) is 23.0. The van der Waals surface area contributed by atoms with E-state index in [0.717, 1.165) is 11.0 Å². The third-order valence-corrected chi connectivity index (χ3v) is 6.85. The molecule has 0 aromatic heterocycles. The number of aryl methyl sites for hydroxylation is 1. The molecule has 2 heterocycles. The van der Waals surface area contributed by atoms with Crippen LogP contribution in [0.3, 0.4) is 0 Å². The average Bonchev–Trinajstić information content (AvgIpc) is 3.27. The lowest BCUT2D eigenvalue weighted by atomic mass is 9.96. The Morgan fingerprint density at radius 3 is 1.94 bits per heavy atom. The number of carbonyl (C=O) groups excluding carboxylic acids is 1. The molecule has 2 aromatic rings. The number of alkyl halides is 9. The fourth-order valence-corrected chi connectivity index (χ4v) is 5.36. The minimum absolute atomic E-state index is 0.0302. The summed E-state index contributed by atoms with van der Waals surface area (Å²) in [6, 6.07) is 1.21. The predicted octanol–water partition coefficient (Wildman–Crippen LogP) is 8.21. The Bertz CT molecular complexity index is 1140. The zero-order valence-corrected chi connectivity index (χ0v) is 19.2. The number of ether oxygens (including phenoxy) is 1. The molecule has 190 valence electrons. The Hall–Kier alpha value is -2.44. The van der Waals surface area contributed by atoms with Crippen molar-refractivity contribution >= 4 is 22.0 Å². The van der Waals surface area contributed by atoms with Crippen LogP contribution in [0.25, 0.3) is 0 Å². The maximum atomic E-state index is 13.4. The van der Waals surface area contributed by atoms with Crippen molar-refractivity contribution in [3.63, 3.8) is 0 Å². The van der Waals surface area contributed by atoms with Crippen molar-refractivity contribution in [3.05, 3.63) is 68.2 Å². The van der Waals surface area contributed by atoms with E-state index in [0.29, 0.717) is 12.1 Å². The van der Waals surface area contributed by atoms with E-state index in [1.54, 1.807) is 0 Å². The molecule has 0 unspecified atom stereocenters. The smallest absolute Gasteiger partial charge is 0.416 e. The van der Waals surface area contributed by atoms with Crippen LogP contribution >= 0.6 is 15.9 Å². The molecule has 2 aliphatic rings. The molecule has 0 aliphatic carbocycles. The highest BCUT2D eigenvalue weighted by Crippen LogP contribution is 2.50. The number of amides is 1. The maximum absolute atomic E-state index is 13.4. The molecule has 0 bridgehead atoms. The van der Waals surface area contributed by atoms with Gasteiger partial charge in [-0.25, -0.2) is 4.79 Å². The lowest BCUT2D eigenvalue weighted by molar-refractivity contribution is -0.143. The number of hydrogen-bond donors (Lipinski definition) is 0. The number of rotatable bonds is 2. The molecule has 0 N–H and O–H groups in total. The molecule has 0 spiro atoms. The van der Waals surface area contributed by atoms with Crippen molar-refractivity contribution in [2.24, 2.45) is 0 Å². The summed E-state index contributed by atoms with van der Waals surface area (Å²) in [4.78, 5) is 13.8. The molecule has 13 heteroatoms. The number of halogens is 10. The standard InChI is InChI=1S/C22H15BrF9NO2/c1-9-4-15(23)13(8-14(9)22(30,31)32)16-2-3-17-18(35-19(34)33(16)17)10-5-11(20(24,25)26)7-12(6-10)21(27,28)29/h4-8,16-18H,2-3H2,1H3/t16-,17-,18+/m0/s1. The van der Waals surface area contributed by atoms with Gasteiger partial charge in [-0.3, -0.25) is 4.90 Å². The summed E-state index contributed by atoms with van der Waals surface area (Å²) >= 11 is 3.20. The number of fused-ring (bicyclic) bond motifs is 1. The average molecular weight is 576 g/mol. The molecule has 2 fully saturated rings. The summed E-state index contributed by atoms with van der Waals surface area (Å²) in [5.41, 5.74) is -4.47. The lowest BCUT2D eigenvalue weighted by Crippen LogP contribution is -2.31. The molecule has 3 nitrogen and oxygen atoms in total. The number of nitrogens with zero attached hydrogens (tertiary/aromatic N) is 1. The molecule has 35 heavy (non-hydrogen) atoms. The summed E-state index contributed by atoms with van der Waals surface area (Å²) < 4.78 is 125. The van der Waals surface area contributed by atoms with Crippen molar-refractivity contribution in [2.75, 3.05) is 0 Å².